The number of piperidine rings is 1. The number of benzene rings is 2. The van der Waals surface area contributed by atoms with Gasteiger partial charge >= 0.3 is 12.2 Å². The largest absolute Gasteiger partial charge is 0.488 e. The highest BCUT2D eigenvalue weighted by molar-refractivity contribution is 5.88. The summed E-state index contributed by atoms with van der Waals surface area (Å²) in [5.41, 5.74) is -3.72. The zero-order valence-corrected chi connectivity index (χ0v) is 21.9. The fraction of sp³-hybridized carbons (Fsp3) is 0.500. The Bertz CT molecular complexity index is 1230. The van der Waals surface area contributed by atoms with Crippen LogP contribution in [0.4, 0.5) is 22.4 Å². The van der Waals surface area contributed by atoms with E-state index in [1.165, 1.54) is 36.4 Å². The van der Waals surface area contributed by atoms with Crippen LogP contribution in [0.25, 0.3) is 0 Å². The van der Waals surface area contributed by atoms with Gasteiger partial charge in [0.1, 0.15) is 17.7 Å². The molecule has 1 unspecified atom stereocenters. The molecule has 2 N–H and O–H groups in total. The molecule has 0 radical (unpaired) electrons. The van der Waals surface area contributed by atoms with Crippen LogP contribution in [0.3, 0.4) is 0 Å². The number of hydrogen-bond donors (Lipinski definition) is 2. The molecule has 3 saturated heterocycles. The molecule has 0 aromatic heterocycles. The van der Waals surface area contributed by atoms with Gasteiger partial charge in [-0.1, -0.05) is 36.4 Å². The minimum absolute atomic E-state index is 0.0580. The van der Waals surface area contributed by atoms with Gasteiger partial charge in [0.2, 0.25) is 0 Å². The van der Waals surface area contributed by atoms with E-state index in [2.05, 4.69) is 10.6 Å². The first-order valence-corrected chi connectivity index (χ1v) is 13.2. The fourth-order valence-corrected chi connectivity index (χ4v) is 6.05. The van der Waals surface area contributed by atoms with Crippen molar-refractivity contribution in [2.75, 3.05) is 40.0 Å². The van der Waals surface area contributed by atoms with Gasteiger partial charge < -0.3 is 29.7 Å². The third-order valence-corrected chi connectivity index (χ3v) is 8.16. The number of carbonyl (C=O) groups is 2. The molecular formula is C28H31F4N3O5. The Labute approximate surface area is 228 Å². The summed E-state index contributed by atoms with van der Waals surface area (Å²) in [7, 11) is 0.873. The lowest BCUT2D eigenvalue weighted by Gasteiger charge is -2.50. The summed E-state index contributed by atoms with van der Waals surface area (Å²) in [6.45, 7) is 1.00. The van der Waals surface area contributed by atoms with Gasteiger partial charge in [-0.05, 0) is 18.9 Å². The molecule has 3 atom stereocenters. The van der Waals surface area contributed by atoms with Crippen LogP contribution in [0.5, 0.6) is 5.75 Å². The Hall–Kier alpha value is -3.38. The third kappa shape index (κ3) is 4.98. The molecular weight excluding hydrogens is 534 g/mol. The number of alkyl halides is 3. The van der Waals surface area contributed by atoms with Gasteiger partial charge in [0.25, 0.3) is 11.5 Å². The van der Waals surface area contributed by atoms with E-state index in [0.717, 1.165) is 12.0 Å². The first-order chi connectivity index (χ1) is 19.1. The minimum atomic E-state index is -5.02. The lowest BCUT2D eigenvalue weighted by atomic mass is 9.71. The van der Waals surface area contributed by atoms with Crippen molar-refractivity contribution in [2.24, 2.45) is 0 Å². The molecule has 5 rings (SSSR count). The number of carbonyl (C=O) groups excluding carboxylic acids is 2. The van der Waals surface area contributed by atoms with Crippen molar-refractivity contribution in [1.82, 2.24) is 15.5 Å². The van der Waals surface area contributed by atoms with Crippen molar-refractivity contribution in [3.8, 4) is 5.75 Å². The monoisotopic (exact) mass is 565 g/mol. The van der Waals surface area contributed by atoms with Crippen molar-refractivity contribution in [3.63, 3.8) is 0 Å². The number of hydrogen-bond acceptors (Lipinski definition) is 5. The second kappa shape index (κ2) is 10.9. The van der Waals surface area contributed by atoms with Crippen molar-refractivity contribution in [3.05, 3.63) is 65.5 Å². The Balaban J connectivity index is 1.43. The Morgan fingerprint density at radius 1 is 1.12 bits per heavy atom. The molecule has 3 fully saturated rings. The molecule has 3 amide bonds. The van der Waals surface area contributed by atoms with Gasteiger partial charge in [-0.2, -0.15) is 13.2 Å². The van der Waals surface area contributed by atoms with Crippen molar-refractivity contribution in [2.45, 2.75) is 48.6 Å². The maximum absolute atomic E-state index is 14.5. The molecule has 0 aliphatic carbocycles. The smallest absolute Gasteiger partial charge is 0.430 e. The van der Waals surface area contributed by atoms with Crippen molar-refractivity contribution in [1.29, 1.82) is 0 Å². The second-order valence-corrected chi connectivity index (χ2v) is 10.4. The van der Waals surface area contributed by atoms with Gasteiger partial charge in [0.15, 0.2) is 0 Å². The van der Waals surface area contributed by atoms with E-state index in [0.29, 0.717) is 30.9 Å². The fourth-order valence-electron chi connectivity index (χ4n) is 6.05. The van der Waals surface area contributed by atoms with Crippen LogP contribution in [-0.4, -0.2) is 74.6 Å². The number of methoxy groups -OCH3 is 1. The second-order valence-electron chi connectivity index (χ2n) is 10.4. The summed E-state index contributed by atoms with van der Waals surface area (Å²) < 4.78 is 74.2. The van der Waals surface area contributed by atoms with E-state index >= 15 is 0 Å². The number of ether oxygens (including phenoxy) is 3. The van der Waals surface area contributed by atoms with Crippen LogP contribution < -0.4 is 15.4 Å². The molecule has 12 heteroatoms. The summed E-state index contributed by atoms with van der Waals surface area (Å²) in [5, 5.41) is 5.75. The highest BCUT2D eigenvalue weighted by atomic mass is 19.4. The van der Waals surface area contributed by atoms with Crippen LogP contribution in [-0.2, 0) is 19.9 Å². The lowest BCUT2D eigenvalue weighted by molar-refractivity contribution is -0.270. The predicted molar refractivity (Wildman–Crippen MR) is 135 cm³/mol. The molecule has 3 aliphatic rings. The number of nitrogens with zero attached hydrogens (tertiary/aromatic N) is 1. The summed E-state index contributed by atoms with van der Waals surface area (Å²) in [6, 6.07) is 10.6. The van der Waals surface area contributed by atoms with E-state index in [4.69, 9.17) is 14.2 Å². The number of nitrogens with one attached hydrogen (secondary N) is 2. The Kier molecular flexibility index (Phi) is 7.66. The first-order valence-electron chi connectivity index (χ1n) is 13.2. The molecule has 3 aliphatic heterocycles. The van der Waals surface area contributed by atoms with Crippen LogP contribution in [0, 0.1) is 5.82 Å². The van der Waals surface area contributed by atoms with E-state index in [9.17, 15) is 27.2 Å². The molecule has 2 aromatic rings. The maximum Gasteiger partial charge on any atom is 0.430 e. The molecule has 0 bridgehead atoms. The Morgan fingerprint density at radius 3 is 2.48 bits per heavy atom. The van der Waals surface area contributed by atoms with E-state index in [1.54, 1.807) is 12.1 Å². The molecule has 8 nitrogen and oxygen atoms in total. The first kappa shape index (κ1) is 28.2. The summed E-state index contributed by atoms with van der Waals surface area (Å²) in [5.74, 6) is -1.77. The Morgan fingerprint density at radius 2 is 1.85 bits per heavy atom. The summed E-state index contributed by atoms with van der Waals surface area (Å²) in [4.78, 5) is 27.2. The standard InChI is InChI=1S/C28H31F4N3O5/c1-38-27(28(30,31)32,18-5-3-2-4-6-18)24(36)35-12-10-26(11-13-35)22(16-33-25(37)34-26)21-8-7-19(29)15-23(21)40-20-9-14-39-17-20/h2-8,15,20,22H,9-14,16-17H2,1H3,(H2,33,34,37)/t20-,22?,27-/m1/s1. The van der Waals surface area contributed by atoms with E-state index in [-0.39, 0.29) is 44.1 Å². The van der Waals surface area contributed by atoms with Gasteiger partial charge in [0.05, 0.1) is 18.8 Å². The average Bonchev–Trinajstić information content (AvgIpc) is 3.43. The van der Waals surface area contributed by atoms with Crippen LogP contribution in [0.15, 0.2) is 48.5 Å². The van der Waals surface area contributed by atoms with Gasteiger partial charge in [-0.25, -0.2) is 9.18 Å². The summed E-state index contributed by atoms with van der Waals surface area (Å²) in [6.07, 6.45) is -4.27. The molecule has 3 heterocycles. The number of urea groups is 1. The zero-order valence-electron chi connectivity index (χ0n) is 21.9. The highest BCUT2D eigenvalue weighted by Crippen LogP contribution is 2.46. The van der Waals surface area contributed by atoms with Crippen LogP contribution >= 0.6 is 0 Å². The van der Waals surface area contributed by atoms with Gasteiger partial charge in [-0.3, -0.25) is 4.79 Å². The average molecular weight is 566 g/mol. The molecule has 40 heavy (non-hydrogen) atoms. The van der Waals surface area contributed by atoms with E-state index in [1.807, 2.05) is 0 Å². The highest BCUT2D eigenvalue weighted by Gasteiger charge is 2.64. The number of rotatable bonds is 6. The summed E-state index contributed by atoms with van der Waals surface area (Å²) >= 11 is 0. The quantitative estimate of drug-likeness (QED) is 0.520. The molecule has 2 aromatic carbocycles. The third-order valence-electron chi connectivity index (χ3n) is 8.16. The molecule has 1 spiro atoms. The number of likely N-dealkylation sites (tertiary alicyclic amines) is 1. The van der Waals surface area contributed by atoms with Crippen LogP contribution in [0.1, 0.15) is 36.3 Å². The topological polar surface area (TPSA) is 89.1 Å². The van der Waals surface area contributed by atoms with E-state index < -0.39 is 41.0 Å². The number of halogens is 4. The predicted octanol–water partition coefficient (Wildman–Crippen LogP) is 3.86. The van der Waals surface area contributed by atoms with Gasteiger partial charge in [0, 0.05) is 56.3 Å². The normalized spacial score (nSPS) is 24.2. The minimum Gasteiger partial charge on any atom is -0.488 e. The SMILES string of the molecule is CO[C@@](C(=O)N1CCC2(CC1)NC(=O)NCC2c1ccc(F)cc1O[C@@H]1CCOC1)(c1ccccc1)C(F)(F)F. The lowest BCUT2D eigenvalue weighted by Crippen LogP contribution is -2.67. The molecule has 0 saturated carbocycles. The van der Waals surface area contributed by atoms with Crippen molar-refractivity contribution < 1.29 is 41.4 Å². The maximum atomic E-state index is 14.5. The van der Waals surface area contributed by atoms with Gasteiger partial charge in [-0.15, -0.1) is 0 Å². The molecule has 216 valence electrons. The van der Waals surface area contributed by atoms with Crippen molar-refractivity contribution >= 4 is 11.9 Å². The number of amides is 3. The zero-order chi connectivity index (χ0) is 28.5. The van der Waals surface area contributed by atoms with Crippen LogP contribution in [0.2, 0.25) is 0 Å².